The average molecular weight is 457 g/mol. The highest BCUT2D eigenvalue weighted by atomic mass is 14.3. The van der Waals surface area contributed by atoms with Crippen LogP contribution in [-0.4, -0.2) is 0 Å². The monoisotopic (exact) mass is 456 g/mol. The van der Waals surface area contributed by atoms with E-state index in [1.807, 2.05) is 0 Å². The lowest BCUT2D eigenvalue weighted by Gasteiger charge is -2.28. The number of hydrogen-bond acceptors (Lipinski definition) is 0. The molecule has 0 spiro atoms. The zero-order valence-corrected chi connectivity index (χ0v) is 22.0. The molecule has 0 nitrogen and oxygen atoms in total. The van der Waals surface area contributed by atoms with Gasteiger partial charge in [0.1, 0.15) is 0 Å². The quantitative estimate of drug-likeness (QED) is 0.295. The Morgan fingerprint density at radius 2 is 1.24 bits per heavy atom. The van der Waals surface area contributed by atoms with E-state index < -0.39 is 0 Å². The maximum absolute atomic E-state index is 2.54. The van der Waals surface area contributed by atoms with E-state index in [1.165, 1.54) is 113 Å². The zero-order valence-electron chi connectivity index (χ0n) is 22.0. The fourth-order valence-electron chi connectivity index (χ4n) is 6.35. The molecular weight excluding hydrogens is 408 g/mol. The van der Waals surface area contributed by atoms with E-state index in [4.69, 9.17) is 0 Å². The molecule has 1 saturated carbocycles. The smallest absolute Gasteiger partial charge is 0.0162 e. The molecule has 0 aromatic heterocycles. The van der Waals surface area contributed by atoms with Gasteiger partial charge in [-0.1, -0.05) is 120 Å². The van der Waals surface area contributed by atoms with E-state index in [-0.39, 0.29) is 0 Å². The number of hydrogen-bond donors (Lipinski definition) is 0. The highest BCUT2D eigenvalue weighted by Gasteiger charge is 2.21. The Balaban J connectivity index is 1.26. The van der Waals surface area contributed by atoms with Crippen molar-refractivity contribution in [1.82, 2.24) is 0 Å². The van der Waals surface area contributed by atoms with Crippen LogP contribution in [0, 0.1) is 11.8 Å². The second-order valence-corrected chi connectivity index (χ2v) is 11.3. The van der Waals surface area contributed by atoms with Crippen molar-refractivity contribution < 1.29 is 0 Å². The van der Waals surface area contributed by atoms with Crippen LogP contribution in [0.5, 0.6) is 0 Å². The van der Waals surface area contributed by atoms with Gasteiger partial charge in [0.25, 0.3) is 0 Å². The Hall–Kier alpha value is -1.82. The van der Waals surface area contributed by atoms with E-state index in [9.17, 15) is 0 Å². The molecule has 1 unspecified atom stereocenters. The highest BCUT2D eigenvalue weighted by molar-refractivity contribution is 5.71. The van der Waals surface area contributed by atoms with Gasteiger partial charge in [-0.3, -0.25) is 0 Å². The lowest BCUT2D eigenvalue weighted by molar-refractivity contribution is 0.319. The van der Waals surface area contributed by atoms with Crippen LogP contribution in [0.15, 0.2) is 54.6 Å². The van der Waals surface area contributed by atoms with Crippen molar-refractivity contribution in [1.29, 1.82) is 0 Å². The van der Waals surface area contributed by atoms with Crippen molar-refractivity contribution in [2.24, 2.45) is 11.8 Å². The number of allylic oxidation sites excluding steroid dienone is 2. The standard InChI is InChI=1S/C34H48/c1-3-5-6-7-8-9-10-28-13-17-30(18-14-28)32-21-25-34(26-22-32)33-23-19-31(20-24-33)29-15-11-27(4-2)12-16-29/h17,19-29H,3-16,18H2,1-2H3/t27-,28?,29-. The molecule has 2 aromatic carbocycles. The van der Waals surface area contributed by atoms with Crippen LogP contribution in [0.3, 0.4) is 0 Å². The maximum atomic E-state index is 2.54. The first-order valence-electron chi connectivity index (χ1n) is 14.7. The summed E-state index contributed by atoms with van der Waals surface area (Å²) in [5.74, 6) is 2.67. The van der Waals surface area contributed by atoms with E-state index in [2.05, 4.69) is 68.5 Å². The molecule has 0 N–H and O–H groups in total. The third-order valence-corrected chi connectivity index (χ3v) is 8.88. The normalized spacial score (nSPS) is 23.0. The number of rotatable bonds is 11. The lowest BCUT2D eigenvalue weighted by atomic mass is 9.77. The molecule has 184 valence electrons. The number of benzene rings is 2. The van der Waals surface area contributed by atoms with Gasteiger partial charge in [0.05, 0.1) is 0 Å². The summed E-state index contributed by atoms with van der Waals surface area (Å²) in [6.07, 6.45) is 23.4. The Labute approximate surface area is 210 Å². The fraction of sp³-hybridized carbons (Fsp3) is 0.588. The third kappa shape index (κ3) is 7.10. The summed E-state index contributed by atoms with van der Waals surface area (Å²) in [4.78, 5) is 0. The SMILES string of the molecule is CCCCCCCCC1CC=C(c2ccc(-c3ccc([C@H]4CC[C@H](CC)CC4)cc3)cc2)CC1. The molecule has 2 aliphatic rings. The minimum atomic E-state index is 0.780. The van der Waals surface area contributed by atoms with Crippen molar-refractivity contribution in [2.75, 3.05) is 0 Å². The van der Waals surface area contributed by atoms with E-state index >= 15 is 0 Å². The van der Waals surface area contributed by atoms with Crippen LogP contribution in [0.1, 0.15) is 127 Å². The molecular formula is C34H48. The summed E-state index contributed by atoms with van der Waals surface area (Å²) in [5, 5.41) is 0. The van der Waals surface area contributed by atoms with Crippen molar-refractivity contribution >= 4 is 5.57 Å². The Bertz CT molecular complexity index is 861. The van der Waals surface area contributed by atoms with Crippen molar-refractivity contribution in [2.45, 2.75) is 116 Å². The van der Waals surface area contributed by atoms with Gasteiger partial charge in [0, 0.05) is 0 Å². The van der Waals surface area contributed by atoms with Crippen molar-refractivity contribution in [3.05, 3.63) is 65.7 Å². The molecule has 0 saturated heterocycles. The molecule has 0 heteroatoms. The van der Waals surface area contributed by atoms with Crippen LogP contribution >= 0.6 is 0 Å². The molecule has 0 aliphatic heterocycles. The first-order chi connectivity index (χ1) is 16.8. The van der Waals surface area contributed by atoms with E-state index in [0.29, 0.717) is 0 Å². The second-order valence-electron chi connectivity index (χ2n) is 11.3. The molecule has 0 radical (unpaired) electrons. The van der Waals surface area contributed by atoms with Gasteiger partial charge in [-0.2, -0.15) is 0 Å². The first kappa shape index (κ1) is 25.3. The minimum absolute atomic E-state index is 0.780. The largest absolute Gasteiger partial charge is 0.0804 e. The summed E-state index contributed by atoms with van der Waals surface area (Å²) < 4.78 is 0. The molecule has 1 atom stereocenters. The van der Waals surface area contributed by atoms with E-state index in [0.717, 1.165) is 17.8 Å². The maximum Gasteiger partial charge on any atom is -0.0162 e. The third-order valence-electron chi connectivity index (χ3n) is 8.88. The van der Waals surface area contributed by atoms with Crippen LogP contribution in [0.4, 0.5) is 0 Å². The Kier molecular flexibility index (Phi) is 9.90. The first-order valence-corrected chi connectivity index (χ1v) is 14.7. The summed E-state index contributed by atoms with van der Waals surface area (Å²) in [6, 6.07) is 18.9. The van der Waals surface area contributed by atoms with Crippen LogP contribution in [0.25, 0.3) is 16.7 Å². The Morgan fingerprint density at radius 3 is 1.85 bits per heavy atom. The van der Waals surface area contributed by atoms with Gasteiger partial charge in [-0.25, -0.2) is 0 Å². The van der Waals surface area contributed by atoms with Crippen molar-refractivity contribution in [3.8, 4) is 11.1 Å². The van der Waals surface area contributed by atoms with Gasteiger partial charge in [-0.05, 0) is 90.5 Å². The molecule has 0 bridgehead atoms. The van der Waals surface area contributed by atoms with Crippen LogP contribution in [-0.2, 0) is 0 Å². The molecule has 4 rings (SSSR count). The Morgan fingerprint density at radius 1 is 0.618 bits per heavy atom. The molecule has 2 aliphatic carbocycles. The molecule has 2 aromatic rings. The predicted octanol–water partition coefficient (Wildman–Crippen LogP) is 11.0. The summed E-state index contributed by atoms with van der Waals surface area (Å²) in [5.41, 5.74) is 7.27. The molecule has 34 heavy (non-hydrogen) atoms. The second kappa shape index (κ2) is 13.3. The van der Waals surface area contributed by atoms with Gasteiger partial charge in [-0.15, -0.1) is 0 Å². The van der Waals surface area contributed by atoms with Gasteiger partial charge >= 0.3 is 0 Å². The van der Waals surface area contributed by atoms with Crippen LogP contribution < -0.4 is 0 Å². The lowest BCUT2D eigenvalue weighted by Crippen LogP contribution is -2.12. The van der Waals surface area contributed by atoms with Gasteiger partial charge in [0.2, 0.25) is 0 Å². The predicted molar refractivity (Wildman–Crippen MR) is 150 cm³/mol. The minimum Gasteiger partial charge on any atom is -0.0804 e. The van der Waals surface area contributed by atoms with Crippen LogP contribution in [0.2, 0.25) is 0 Å². The fourth-order valence-corrected chi connectivity index (χ4v) is 6.35. The number of unbranched alkanes of at least 4 members (excludes halogenated alkanes) is 5. The topological polar surface area (TPSA) is 0 Å². The molecule has 0 amide bonds. The summed E-state index contributed by atoms with van der Waals surface area (Å²) in [7, 11) is 0. The summed E-state index contributed by atoms with van der Waals surface area (Å²) >= 11 is 0. The van der Waals surface area contributed by atoms with Gasteiger partial charge < -0.3 is 0 Å². The zero-order chi connectivity index (χ0) is 23.6. The highest BCUT2D eigenvalue weighted by Crippen LogP contribution is 2.38. The average Bonchev–Trinajstić information content (AvgIpc) is 2.91. The summed E-state index contributed by atoms with van der Waals surface area (Å²) in [6.45, 7) is 4.65. The molecule has 0 heterocycles. The van der Waals surface area contributed by atoms with Gasteiger partial charge in [0.15, 0.2) is 0 Å². The van der Waals surface area contributed by atoms with E-state index in [1.54, 1.807) is 11.1 Å². The van der Waals surface area contributed by atoms with Crippen molar-refractivity contribution in [3.63, 3.8) is 0 Å². The molecule has 1 fully saturated rings.